The number of aryl methyl sites for hydroxylation is 1. The molecule has 1 aliphatic heterocycles. The van der Waals surface area contributed by atoms with Crippen molar-refractivity contribution >= 4 is 6.03 Å². The van der Waals surface area contributed by atoms with Crippen LogP contribution in [0.15, 0.2) is 18.5 Å². The van der Waals surface area contributed by atoms with Crippen LogP contribution in [0.2, 0.25) is 0 Å². The van der Waals surface area contributed by atoms with Gasteiger partial charge in [-0.05, 0) is 24.5 Å². The highest BCUT2D eigenvalue weighted by atomic mass is 16.7. The van der Waals surface area contributed by atoms with Crippen LogP contribution in [0, 0.1) is 0 Å². The summed E-state index contributed by atoms with van der Waals surface area (Å²) in [6.07, 6.45) is 9.45. The van der Waals surface area contributed by atoms with Crippen LogP contribution in [-0.4, -0.2) is 35.6 Å². The van der Waals surface area contributed by atoms with Gasteiger partial charge in [-0.15, -0.1) is 0 Å². The van der Waals surface area contributed by atoms with Crippen LogP contribution in [0.5, 0.6) is 0 Å². The zero-order valence-corrected chi connectivity index (χ0v) is 13.1. The highest BCUT2D eigenvalue weighted by molar-refractivity contribution is 5.73. The molecular formula is C16H25N3O3. The Kier molecular flexibility index (Phi) is 4.69. The number of ether oxygens (including phenoxy) is 2. The first-order valence-electron chi connectivity index (χ1n) is 8.10. The van der Waals surface area contributed by atoms with Gasteiger partial charge in [-0.25, -0.2) is 4.79 Å². The van der Waals surface area contributed by atoms with Gasteiger partial charge in [0.1, 0.15) is 6.10 Å². The standard InChI is InChI=1S/C16H25N3O3/c1-19-8-5-13(11-19)9-17-15(20)18-10-14-12-21-16(22-14)6-3-2-4-7-16/h5,8,11,14H,2-4,6-7,9-10,12H2,1H3,(H2,17,18,20)/t14-/m0/s1. The molecule has 1 aliphatic carbocycles. The molecule has 2 heterocycles. The van der Waals surface area contributed by atoms with E-state index < -0.39 is 0 Å². The van der Waals surface area contributed by atoms with Gasteiger partial charge in [0.2, 0.25) is 0 Å². The lowest BCUT2D eigenvalue weighted by atomic mass is 9.94. The number of hydrogen-bond acceptors (Lipinski definition) is 3. The Bertz CT molecular complexity index is 508. The zero-order chi connectivity index (χ0) is 15.4. The fourth-order valence-corrected chi connectivity index (χ4v) is 3.19. The molecule has 2 amide bonds. The quantitative estimate of drug-likeness (QED) is 0.893. The van der Waals surface area contributed by atoms with Gasteiger partial charge in [0.25, 0.3) is 0 Å². The van der Waals surface area contributed by atoms with E-state index in [0.717, 1.165) is 31.2 Å². The normalized spacial score (nSPS) is 23.6. The zero-order valence-electron chi connectivity index (χ0n) is 13.1. The van der Waals surface area contributed by atoms with E-state index >= 15 is 0 Å². The third-order valence-electron chi connectivity index (χ3n) is 4.37. The van der Waals surface area contributed by atoms with Crippen LogP contribution in [-0.2, 0) is 23.1 Å². The van der Waals surface area contributed by atoms with Crippen molar-refractivity contribution < 1.29 is 14.3 Å². The van der Waals surface area contributed by atoms with Gasteiger partial charge in [0.05, 0.1) is 6.61 Å². The minimum Gasteiger partial charge on any atom is -0.357 e. The maximum atomic E-state index is 11.8. The monoisotopic (exact) mass is 307 g/mol. The van der Waals surface area contributed by atoms with Gasteiger partial charge in [0, 0.05) is 45.4 Å². The van der Waals surface area contributed by atoms with E-state index in [4.69, 9.17) is 9.47 Å². The van der Waals surface area contributed by atoms with E-state index in [-0.39, 0.29) is 17.9 Å². The van der Waals surface area contributed by atoms with Gasteiger partial charge in [-0.2, -0.15) is 0 Å². The molecule has 122 valence electrons. The number of nitrogens with one attached hydrogen (secondary N) is 2. The first-order valence-corrected chi connectivity index (χ1v) is 8.10. The molecule has 22 heavy (non-hydrogen) atoms. The molecule has 0 aromatic carbocycles. The SMILES string of the molecule is Cn1ccc(CNC(=O)NC[C@H]2COC3(CCCCC3)O2)c1. The summed E-state index contributed by atoms with van der Waals surface area (Å²) >= 11 is 0. The Morgan fingerprint density at radius 1 is 1.36 bits per heavy atom. The summed E-state index contributed by atoms with van der Waals surface area (Å²) in [6, 6.07) is 1.82. The van der Waals surface area contributed by atoms with Gasteiger partial charge >= 0.3 is 6.03 Å². The van der Waals surface area contributed by atoms with Crippen LogP contribution in [0.25, 0.3) is 0 Å². The number of aromatic nitrogens is 1. The third-order valence-corrected chi connectivity index (χ3v) is 4.37. The van der Waals surface area contributed by atoms with Crippen molar-refractivity contribution in [3.05, 3.63) is 24.0 Å². The molecule has 1 spiro atoms. The number of nitrogens with zero attached hydrogens (tertiary/aromatic N) is 1. The largest absolute Gasteiger partial charge is 0.357 e. The number of hydrogen-bond donors (Lipinski definition) is 2. The van der Waals surface area contributed by atoms with E-state index in [0.29, 0.717) is 19.7 Å². The summed E-state index contributed by atoms with van der Waals surface area (Å²) in [5, 5.41) is 5.71. The molecule has 2 N–H and O–H groups in total. The smallest absolute Gasteiger partial charge is 0.315 e. The Morgan fingerprint density at radius 2 is 2.18 bits per heavy atom. The highest BCUT2D eigenvalue weighted by Gasteiger charge is 2.42. The summed E-state index contributed by atoms with van der Waals surface area (Å²) < 4.78 is 13.9. The average molecular weight is 307 g/mol. The lowest BCUT2D eigenvalue weighted by Crippen LogP contribution is -2.41. The van der Waals surface area contributed by atoms with E-state index in [1.165, 1.54) is 6.42 Å². The fourth-order valence-electron chi connectivity index (χ4n) is 3.19. The van der Waals surface area contributed by atoms with Crippen LogP contribution < -0.4 is 10.6 Å². The molecule has 0 unspecified atom stereocenters. The predicted molar refractivity (Wildman–Crippen MR) is 82.3 cm³/mol. The summed E-state index contributed by atoms with van der Waals surface area (Å²) in [5.74, 6) is -0.370. The predicted octanol–water partition coefficient (Wildman–Crippen LogP) is 1.90. The molecule has 1 saturated heterocycles. The lowest BCUT2D eigenvalue weighted by molar-refractivity contribution is -0.186. The molecular weight excluding hydrogens is 282 g/mol. The minimum absolute atomic E-state index is 0.0411. The second kappa shape index (κ2) is 6.71. The van der Waals surface area contributed by atoms with E-state index in [1.807, 2.05) is 30.1 Å². The second-order valence-corrected chi connectivity index (χ2v) is 6.27. The molecule has 6 heteroatoms. The van der Waals surface area contributed by atoms with Gasteiger partial charge in [-0.1, -0.05) is 6.42 Å². The van der Waals surface area contributed by atoms with Crippen molar-refractivity contribution in [1.82, 2.24) is 15.2 Å². The molecule has 2 fully saturated rings. The van der Waals surface area contributed by atoms with Crippen LogP contribution in [0.4, 0.5) is 4.79 Å². The summed E-state index contributed by atoms with van der Waals surface area (Å²) in [5.41, 5.74) is 1.08. The maximum absolute atomic E-state index is 11.8. The topological polar surface area (TPSA) is 64.5 Å². The highest BCUT2D eigenvalue weighted by Crippen LogP contribution is 2.37. The fraction of sp³-hybridized carbons (Fsp3) is 0.688. The molecule has 1 aromatic heterocycles. The summed E-state index contributed by atoms with van der Waals surface area (Å²) in [7, 11) is 1.96. The second-order valence-electron chi connectivity index (χ2n) is 6.27. The Labute approximate surface area is 131 Å². The van der Waals surface area contributed by atoms with Gasteiger partial charge in [-0.3, -0.25) is 0 Å². The number of urea groups is 1. The molecule has 6 nitrogen and oxygen atoms in total. The van der Waals surface area contributed by atoms with Crippen molar-refractivity contribution in [2.24, 2.45) is 7.05 Å². The van der Waals surface area contributed by atoms with E-state index in [9.17, 15) is 4.79 Å². The van der Waals surface area contributed by atoms with Crippen LogP contribution >= 0.6 is 0 Å². The number of rotatable bonds is 4. The molecule has 1 saturated carbocycles. The van der Waals surface area contributed by atoms with Crippen molar-refractivity contribution in [2.45, 2.75) is 50.5 Å². The molecule has 1 atom stereocenters. The van der Waals surface area contributed by atoms with E-state index in [1.54, 1.807) is 0 Å². The van der Waals surface area contributed by atoms with Crippen molar-refractivity contribution in [2.75, 3.05) is 13.2 Å². The van der Waals surface area contributed by atoms with Gasteiger partial charge < -0.3 is 24.7 Å². The average Bonchev–Trinajstić information content (AvgIpc) is 3.11. The van der Waals surface area contributed by atoms with Crippen LogP contribution in [0.3, 0.4) is 0 Å². The van der Waals surface area contributed by atoms with Crippen LogP contribution in [0.1, 0.15) is 37.7 Å². The molecule has 3 rings (SSSR count). The van der Waals surface area contributed by atoms with Crippen molar-refractivity contribution in [3.8, 4) is 0 Å². The third kappa shape index (κ3) is 3.81. The van der Waals surface area contributed by atoms with Crippen molar-refractivity contribution in [3.63, 3.8) is 0 Å². The van der Waals surface area contributed by atoms with E-state index in [2.05, 4.69) is 10.6 Å². The molecule has 0 bridgehead atoms. The summed E-state index contributed by atoms with van der Waals surface area (Å²) in [4.78, 5) is 11.8. The number of carbonyl (C=O) groups excluding carboxylic acids is 1. The number of carbonyl (C=O) groups is 1. The molecule has 2 aliphatic rings. The first-order chi connectivity index (χ1) is 10.7. The minimum atomic E-state index is -0.370. The van der Waals surface area contributed by atoms with Crippen molar-refractivity contribution in [1.29, 1.82) is 0 Å². The Balaban J connectivity index is 1.36. The lowest BCUT2D eigenvalue weighted by Gasteiger charge is -2.31. The Morgan fingerprint density at radius 3 is 2.91 bits per heavy atom. The molecule has 1 aromatic rings. The summed E-state index contributed by atoms with van der Waals surface area (Å²) in [6.45, 7) is 1.58. The Hall–Kier alpha value is -1.53. The van der Waals surface area contributed by atoms with Gasteiger partial charge in [0.15, 0.2) is 5.79 Å². The maximum Gasteiger partial charge on any atom is 0.315 e. The number of amides is 2. The first kappa shape index (κ1) is 15.4. The molecule has 0 radical (unpaired) electrons.